The monoisotopic (exact) mass is 458 g/mol. The van der Waals surface area contributed by atoms with Crippen LogP contribution < -0.4 is 0 Å². The molecule has 152 valence electrons. The Bertz CT molecular complexity index is 1360. The highest BCUT2D eigenvalue weighted by atomic mass is 35.5. The molecule has 1 aromatic heterocycles. The van der Waals surface area contributed by atoms with Gasteiger partial charge in [0.15, 0.2) is 15.7 Å². The van der Waals surface area contributed by atoms with E-state index in [1.807, 2.05) is 30.3 Å². The number of hydrogen-bond donors (Lipinski definition) is 1. The third kappa shape index (κ3) is 3.62. The lowest BCUT2D eigenvalue weighted by molar-refractivity contribution is 0.103. The predicted molar refractivity (Wildman–Crippen MR) is 119 cm³/mol. The first kappa shape index (κ1) is 20.6. The van der Waals surface area contributed by atoms with E-state index in [1.165, 1.54) is 24.3 Å². The van der Waals surface area contributed by atoms with Gasteiger partial charge in [-0.25, -0.2) is 13.4 Å². The van der Waals surface area contributed by atoms with E-state index in [0.29, 0.717) is 32.2 Å². The molecule has 30 heavy (non-hydrogen) atoms. The second kappa shape index (κ2) is 7.87. The molecule has 0 saturated carbocycles. The number of halogens is 2. The molecule has 4 rings (SSSR count). The molecule has 1 heterocycles. The van der Waals surface area contributed by atoms with Gasteiger partial charge in [0, 0.05) is 11.1 Å². The quantitative estimate of drug-likeness (QED) is 0.396. The number of H-pyrrole nitrogens is 1. The van der Waals surface area contributed by atoms with E-state index in [2.05, 4.69) is 9.97 Å². The van der Waals surface area contributed by atoms with Gasteiger partial charge in [0.25, 0.3) is 0 Å². The first-order valence-corrected chi connectivity index (χ1v) is 11.5. The summed E-state index contributed by atoms with van der Waals surface area (Å²) in [5.41, 5.74) is 2.78. The first-order chi connectivity index (χ1) is 14.3. The Morgan fingerprint density at radius 1 is 1.03 bits per heavy atom. The van der Waals surface area contributed by atoms with Crippen LogP contribution in [0.5, 0.6) is 0 Å². The molecule has 0 amide bonds. The Kier molecular flexibility index (Phi) is 5.40. The van der Waals surface area contributed by atoms with Crippen molar-refractivity contribution in [1.29, 1.82) is 0 Å². The highest BCUT2D eigenvalue weighted by Gasteiger charge is 2.20. The van der Waals surface area contributed by atoms with Crippen LogP contribution in [0.4, 0.5) is 0 Å². The molecule has 0 aliphatic heterocycles. The van der Waals surface area contributed by atoms with Crippen molar-refractivity contribution in [3.63, 3.8) is 0 Å². The number of hydrogen-bond acceptors (Lipinski definition) is 4. The second-order valence-corrected chi connectivity index (χ2v) is 9.72. The van der Waals surface area contributed by atoms with Crippen LogP contribution >= 0.6 is 23.2 Å². The minimum absolute atomic E-state index is 0.00707. The topological polar surface area (TPSA) is 79.9 Å². The van der Waals surface area contributed by atoms with Crippen LogP contribution in [0.2, 0.25) is 10.0 Å². The Morgan fingerprint density at radius 3 is 2.33 bits per heavy atom. The van der Waals surface area contributed by atoms with Crippen LogP contribution in [0, 0.1) is 0 Å². The van der Waals surface area contributed by atoms with Gasteiger partial charge < -0.3 is 4.98 Å². The summed E-state index contributed by atoms with van der Waals surface area (Å²) in [5, 5.41) is 0.791. The molecule has 8 heteroatoms. The molecule has 3 aromatic carbocycles. The Labute approximate surface area is 183 Å². The van der Waals surface area contributed by atoms with E-state index < -0.39 is 9.84 Å². The number of imidazole rings is 1. The average Bonchev–Trinajstić information content (AvgIpc) is 3.18. The molecular weight excluding hydrogens is 443 g/mol. The number of nitrogens with one attached hydrogen (secondary N) is 1. The van der Waals surface area contributed by atoms with E-state index >= 15 is 0 Å². The normalized spacial score (nSPS) is 11.7. The van der Waals surface area contributed by atoms with Gasteiger partial charge in [0.1, 0.15) is 5.52 Å². The molecule has 1 N–H and O–H groups in total. The summed E-state index contributed by atoms with van der Waals surface area (Å²) in [7, 11) is -3.33. The lowest BCUT2D eigenvalue weighted by Crippen LogP contribution is -2.06. The first-order valence-electron chi connectivity index (χ1n) is 9.12. The number of rotatable bonds is 5. The van der Waals surface area contributed by atoms with Crippen LogP contribution in [-0.2, 0) is 9.84 Å². The Balaban J connectivity index is 1.75. The summed E-state index contributed by atoms with van der Waals surface area (Å²) in [6, 6.07) is 16.9. The fraction of sp³-hybridized carbons (Fsp3) is 0.0909. The van der Waals surface area contributed by atoms with Crippen molar-refractivity contribution in [2.75, 3.05) is 5.75 Å². The molecule has 0 atom stereocenters. The maximum atomic E-state index is 12.9. The summed E-state index contributed by atoms with van der Waals surface area (Å²) < 4.78 is 23.9. The molecule has 4 aromatic rings. The standard InChI is InChI=1S/C22H16Cl2N2O3S/c1-2-30(28,29)15-10-8-14(9-11-15)21(27)22-25-17-12-16(23)18(19(24)20(17)26-22)13-6-4-3-5-7-13/h3-12H,2H2,1H3,(H,25,26). The number of carbonyl (C=O) groups is 1. The fourth-order valence-electron chi connectivity index (χ4n) is 3.17. The van der Waals surface area contributed by atoms with Crippen LogP contribution in [0.15, 0.2) is 65.6 Å². The molecule has 0 unspecified atom stereocenters. The maximum absolute atomic E-state index is 12.9. The van der Waals surface area contributed by atoms with Crippen LogP contribution in [0.25, 0.3) is 22.2 Å². The minimum atomic E-state index is -3.33. The molecule has 0 spiro atoms. The van der Waals surface area contributed by atoms with Crippen molar-refractivity contribution < 1.29 is 13.2 Å². The van der Waals surface area contributed by atoms with Crippen molar-refractivity contribution in [1.82, 2.24) is 9.97 Å². The number of aromatic amines is 1. The van der Waals surface area contributed by atoms with Gasteiger partial charge in [-0.2, -0.15) is 0 Å². The van der Waals surface area contributed by atoms with E-state index in [9.17, 15) is 13.2 Å². The number of fused-ring (bicyclic) bond motifs is 1. The third-order valence-electron chi connectivity index (χ3n) is 4.80. The van der Waals surface area contributed by atoms with E-state index in [4.69, 9.17) is 23.2 Å². The van der Waals surface area contributed by atoms with Gasteiger partial charge in [-0.3, -0.25) is 4.79 Å². The largest absolute Gasteiger partial charge is 0.335 e. The van der Waals surface area contributed by atoms with Crippen molar-refractivity contribution in [2.24, 2.45) is 0 Å². The van der Waals surface area contributed by atoms with Gasteiger partial charge >= 0.3 is 0 Å². The van der Waals surface area contributed by atoms with Crippen LogP contribution in [0.1, 0.15) is 23.1 Å². The van der Waals surface area contributed by atoms with Gasteiger partial charge in [-0.1, -0.05) is 60.5 Å². The van der Waals surface area contributed by atoms with Crippen LogP contribution in [-0.4, -0.2) is 29.9 Å². The summed E-state index contributed by atoms with van der Waals surface area (Å²) in [6.45, 7) is 1.57. The smallest absolute Gasteiger partial charge is 0.228 e. The van der Waals surface area contributed by atoms with Crippen molar-refractivity contribution in [3.05, 3.63) is 82.1 Å². The number of sulfone groups is 1. The molecule has 0 aliphatic rings. The van der Waals surface area contributed by atoms with Gasteiger partial charge in [0.2, 0.25) is 5.78 Å². The zero-order valence-electron chi connectivity index (χ0n) is 15.8. The number of ketones is 1. The van der Waals surface area contributed by atoms with E-state index in [-0.39, 0.29) is 22.3 Å². The minimum Gasteiger partial charge on any atom is -0.335 e. The number of carbonyl (C=O) groups excluding carboxylic acids is 1. The third-order valence-corrected chi connectivity index (χ3v) is 7.22. The second-order valence-electron chi connectivity index (χ2n) is 6.65. The summed E-state index contributed by atoms with van der Waals surface area (Å²) in [4.78, 5) is 20.4. The molecule has 0 bridgehead atoms. The van der Waals surface area contributed by atoms with Gasteiger partial charge in [-0.05, 0) is 35.9 Å². The lowest BCUT2D eigenvalue weighted by Gasteiger charge is -2.07. The highest BCUT2D eigenvalue weighted by molar-refractivity contribution is 7.91. The molecule has 0 radical (unpaired) electrons. The summed E-state index contributed by atoms with van der Waals surface area (Å²) >= 11 is 13.0. The highest BCUT2D eigenvalue weighted by Crippen LogP contribution is 2.39. The van der Waals surface area contributed by atoms with Crippen molar-refractivity contribution >= 4 is 49.9 Å². The molecule has 5 nitrogen and oxygen atoms in total. The Hall–Kier alpha value is -2.67. The number of benzene rings is 3. The number of aromatic nitrogens is 2. The van der Waals surface area contributed by atoms with E-state index in [0.717, 1.165) is 5.56 Å². The summed E-state index contributed by atoms with van der Waals surface area (Å²) in [6.07, 6.45) is 0. The van der Waals surface area contributed by atoms with Gasteiger partial charge in [0.05, 0.1) is 26.2 Å². The SMILES string of the molecule is CCS(=O)(=O)c1ccc(C(=O)c2nc3c(Cl)c(-c4ccccc4)c(Cl)cc3[nH]2)cc1. The molecular formula is C22H16Cl2N2O3S. The Morgan fingerprint density at radius 2 is 1.70 bits per heavy atom. The van der Waals surface area contributed by atoms with Crippen molar-refractivity contribution in [2.45, 2.75) is 11.8 Å². The lowest BCUT2D eigenvalue weighted by atomic mass is 10.0. The molecule has 0 saturated heterocycles. The zero-order valence-corrected chi connectivity index (χ0v) is 18.1. The fourth-order valence-corrected chi connectivity index (χ4v) is 4.77. The summed E-state index contributed by atoms with van der Waals surface area (Å²) in [5.74, 6) is -0.285. The number of nitrogens with zero attached hydrogens (tertiary/aromatic N) is 1. The van der Waals surface area contributed by atoms with E-state index in [1.54, 1.807) is 13.0 Å². The van der Waals surface area contributed by atoms with Crippen molar-refractivity contribution in [3.8, 4) is 11.1 Å². The maximum Gasteiger partial charge on any atom is 0.228 e. The van der Waals surface area contributed by atoms with Crippen LogP contribution in [0.3, 0.4) is 0 Å². The zero-order chi connectivity index (χ0) is 21.5. The average molecular weight is 459 g/mol. The predicted octanol–water partition coefficient (Wildman–Crippen LogP) is 5.56. The van der Waals surface area contributed by atoms with Gasteiger partial charge in [-0.15, -0.1) is 0 Å². The molecule has 0 aliphatic carbocycles. The molecule has 0 fully saturated rings.